The molecule has 0 aliphatic heterocycles. The number of carbonyl (C=O) groups excluding carboxylic acids is 1. The first-order valence-electron chi connectivity index (χ1n) is 7.61. The van der Waals surface area contributed by atoms with Gasteiger partial charge in [0, 0.05) is 0 Å². The summed E-state index contributed by atoms with van der Waals surface area (Å²) in [6, 6.07) is 12.7. The Balaban J connectivity index is 2.20. The Kier molecular flexibility index (Phi) is 4.43. The summed E-state index contributed by atoms with van der Waals surface area (Å²) in [5.74, 6) is -1.75. The van der Waals surface area contributed by atoms with Gasteiger partial charge in [-0.1, -0.05) is 24.3 Å². The summed E-state index contributed by atoms with van der Waals surface area (Å²) in [7, 11) is 1.26. The minimum atomic E-state index is -0.731. The van der Waals surface area contributed by atoms with Crippen molar-refractivity contribution in [3.63, 3.8) is 0 Å². The first-order chi connectivity index (χ1) is 12.0. The van der Waals surface area contributed by atoms with E-state index in [2.05, 4.69) is 0 Å². The number of hydrogen-bond acceptors (Lipinski definition) is 6. The lowest BCUT2D eigenvalue weighted by Gasteiger charge is -2.17. The quantitative estimate of drug-likeness (QED) is 0.709. The maximum atomic E-state index is 12.4. The molecule has 1 atom stereocenters. The van der Waals surface area contributed by atoms with Crippen LogP contribution in [0.5, 0.6) is 11.5 Å². The molecule has 0 bridgehead atoms. The molecular weight excluding hydrogens is 324 g/mol. The van der Waals surface area contributed by atoms with Crippen LogP contribution >= 0.6 is 0 Å². The highest BCUT2D eigenvalue weighted by Gasteiger charge is 2.27. The standard InChI is InChI=1S/C19H16O6/c1-24-16(21)10-14(11-6-8-12(20)9-7-11)19-18(23)17(22)13-4-2-3-5-15(13)25-19/h2-9,14,20,23H,10H2,1H3/t14-/m1/s1. The average Bonchev–Trinajstić information content (AvgIpc) is 2.63. The molecule has 0 saturated carbocycles. The number of benzene rings is 2. The van der Waals surface area contributed by atoms with E-state index < -0.39 is 23.1 Å². The third-order valence-electron chi connectivity index (χ3n) is 4.01. The van der Waals surface area contributed by atoms with Crippen LogP contribution in [0.1, 0.15) is 23.7 Å². The summed E-state index contributed by atoms with van der Waals surface area (Å²) >= 11 is 0. The molecule has 3 aromatic rings. The lowest BCUT2D eigenvalue weighted by Crippen LogP contribution is -2.13. The second kappa shape index (κ2) is 6.68. The molecule has 0 radical (unpaired) electrons. The van der Waals surface area contributed by atoms with Crippen molar-refractivity contribution in [1.82, 2.24) is 0 Å². The second-order valence-electron chi connectivity index (χ2n) is 5.56. The summed E-state index contributed by atoms with van der Waals surface area (Å²) < 4.78 is 10.5. The summed E-state index contributed by atoms with van der Waals surface area (Å²) in [5.41, 5.74) is 0.344. The van der Waals surface area contributed by atoms with Crippen LogP contribution < -0.4 is 5.43 Å². The lowest BCUT2D eigenvalue weighted by molar-refractivity contribution is -0.140. The number of methoxy groups -OCH3 is 1. The molecule has 2 N–H and O–H groups in total. The minimum Gasteiger partial charge on any atom is -0.508 e. The van der Waals surface area contributed by atoms with E-state index >= 15 is 0 Å². The maximum absolute atomic E-state index is 12.4. The Hall–Kier alpha value is -3.28. The predicted molar refractivity (Wildman–Crippen MR) is 90.7 cm³/mol. The van der Waals surface area contributed by atoms with Crippen molar-refractivity contribution in [1.29, 1.82) is 0 Å². The van der Waals surface area contributed by atoms with Gasteiger partial charge in [0.2, 0.25) is 11.2 Å². The summed E-state index contributed by atoms with van der Waals surface area (Å²) in [4.78, 5) is 24.3. The van der Waals surface area contributed by atoms with Crippen LogP contribution in [0.4, 0.5) is 0 Å². The molecule has 128 valence electrons. The summed E-state index contributed by atoms with van der Waals surface area (Å²) in [6.45, 7) is 0. The van der Waals surface area contributed by atoms with Gasteiger partial charge in [-0.05, 0) is 29.8 Å². The molecule has 1 heterocycles. The van der Waals surface area contributed by atoms with E-state index in [-0.39, 0.29) is 23.3 Å². The van der Waals surface area contributed by atoms with Gasteiger partial charge in [0.05, 0.1) is 24.8 Å². The summed E-state index contributed by atoms with van der Waals surface area (Å²) in [6.07, 6.45) is -0.129. The van der Waals surface area contributed by atoms with Gasteiger partial charge >= 0.3 is 5.97 Å². The second-order valence-corrected chi connectivity index (χ2v) is 5.56. The van der Waals surface area contributed by atoms with E-state index in [1.807, 2.05) is 0 Å². The molecule has 3 rings (SSSR count). The zero-order valence-corrected chi connectivity index (χ0v) is 13.4. The van der Waals surface area contributed by atoms with Crippen molar-refractivity contribution >= 4 is 16.9 Å². The molecule has 25 heavy (non-hydrogen) atoms. The molecule has 0 unspecified atom stereocenters. The van der Waals surface area contributed by atoms with Crippen LogP contribution in [0, 0.1) is 0 Å². The van der Waals surface area contributed by atoms with E-state index in [0.717, 1.165) is 0 Å². The Morgan fingerprint density at radius 1 is 1.12 bits per heavy atom. The van der Waals surface area contributed by atoms with Crippen molar-refractivity contribution in [3.05, 3.63) is 70.1 Å². The number of hydrogen-bond donors (Lipinski definition) is 2. The smallest absolute Gasteiger partial charge is 0.306 e. The molecule has 0 aliphatic rings. The first kappa shape index (κ1) is 16.6. The van der Waals surface area contributed by atoms with Crippen LogP contribution in [0.25, 0.3) is 11.0 Å². The molecule has 0 saturated heterocycles. The van der Waals surface area contributed by atoms with Gasteiger partial charge < -0.3 is 19.4 Å². The third kappa shape index (κ3) is 3.19. The normalized spacial score (nSPS) is 12.0. The fraction of sp³-hybridized carbons (Fsp3) is 0.158. The third-order valence-corrected chi connectivity index (χ3v) is 4.01. The molecule has 0 fully saturated rings. The molecule has 0 amide bonds. The van der Waals surface area contributed by atoms with Gasteiger partial charge in [-0.2, -0.15) is 0 Å². The predicted octanol–water partition coefficient (Wildman–Crippen LogP) is 2.90. The van der Waals surface area contributed by atoms with Gasteiger partial charge in [0.1, 0.15) is 11.3 Å². The SMILES string of the molecule is COC(=O)C[C@H](c1ccc(O)cc1)c1oc2ccccc2c(=O)c1O. The number of ether oxygens (including phenoxy) is 1. The highest BCUT2D eigenvalue weighted by atomic mass is 16.5. The van der Waals surface area contributed by atoms with Crippen molar-refractivity contribution in [2.24, 2.45) is 0 Å². The van der Waals surface area contributed by atoms with Crippen molar-refractivity contribution in [2.75, 3.05) is 7.11 Å². The number of phenols is 1. The Bertz CT molecular complexity index is 971. The van der Waals surface area contributed by atoms with Gasteiger partial charge in [-0.3, -0.25) is 9.59 Å². The van der Waals surface area contributed by atoms with E-state index in [9.17, 15) is 19.8 Å². The molecule has 2 aromatic carbocycles. The van der Waals surface area contributed by atoms with Crippen LogP contribution in [0.15, 0.2) is 57.7 Å². The van der Waals surface area contributed by atoms with Crippen LogP contribution in [-0.4, -0.2) is 23.3 Å². The number of rotatable bonds is 4. The Morgan fingerprint density at radius 2 is 1.80 bits per heavy atom. The van der Waals surface area contributed by atoms with Crippen LogP contribution in [-0.2, 0) is 9.53 Å². The summed E-state index contributed by atoms with van der Waals surface area (Å²) in [5, 5.41) is 20.1. The number of esters is 1. The van der Waals surface area contributed by atoms with Crippen molar-refractivity contribution in [3.8, 4) is 11.5 Å². The number of para-hydroxylation sites is 1. The van der Waals surface area contributed by atoms with E-state index in [1.165, 1.54) is 19.2 Å². The lowest BCUT2D eigenvalue weighted by atomic mass is 9.92. The minimum absolute atomic E-state index is 0.0141. The molecule has 6 nitrogen and oxygen atoms in total. The fourth-order valence-electron chi connectivity index (χ4n) is 2.70. The average molecular weight is 340 g/mol. The molecule has 6 heteroatoms. The number of phenolic OH excluding ortho intramolecular Hbond substituents is 1. The van der Waals surface area contributed by atoms with Crippen LogP contribution in [0.2, 0.25) is 0 Å². The van der Waals surface area contributed by atoms with Gasteiger partial charge in [0.15, 0.2) is 5.76 Å². The van der Waals surface area contributed by atoms with Crippen molar-refractivity contribution in [2.45, 2.75) is 12.3 Å². The van der Waals surface area contributed by atoms with Crippen LogP contribution in [0.3, 0.4) is 0 Å². The molecule has 0 aliphatic carbocycles. The number of carbonyl (C=O) groups is 1. The zero-order chi connectivity index (χ0) is 18.0. The largest absolute Gasteiger partial charge is 0.508 e. The topological polar surface area (TPSA) is 97.0 Å². The molecule has 1 aromatic heterocycles. The van der Waals surface area contributed by atoms with E-state index in [4.69, 9.17) is 9.15 Å². The zero-order valence-electron chi connectivity index (χ0n) is 13.4. The highest BCUT2D eigenvalue weighted by molar-refractivity contribution is 5.78. The highest BCUT2D eigenvalue weighted by Crippen LogP contribution is 2.35. The Labute approximate surface area is 142 Å². The van der Waals surface area contributed by atoms with E-state index in [1.54, 1.807) is 36.4 Å². The molecule has 0 spiro atoms. The van der Waals surface area contributed by atoms with Gasteiger partial charge in [-0.25, -0.2) is 0 Å². The van der Waals surface area contributed by atoms with Crippen molar-refractivity contribution < 1.29 is 24.2 Å². The Morgan fingerprint density at radius 3 is 2.48 bits per heavy atom. The number of fused-ring (bicyclic) bond motifs is 1. The monoisotopic (exact) mass is 340 g/mol. The molecular formula is C19H16O6. The first-order valence-corrected chi connectivity index (χ1v) is 7.61. The number of aromatic hydroxyl groups is 2. The van der Waals surface area contributed by atoms with Gasteiger partial charge in [0.25, 0.3) is 0 Å². The fourth-order valence-corrected chi connectivity index (χ4v) is 2.70. The van der Waals surface area contributed by atoms with E-state index in [0.29, 0.717) is 11.1 Å². The maximum Gasteiger partial charge on any atom is 0.306 e. The van der Waals surface area contributed by atoms with Gasteiger partial charge in [-0.15, -0.1) is 0 Å².